The quantitative estimate of drug-likeness (QED) is 0.480. The van der Waals surface area contributed by atoms with Gasteiger partial charge in [-0.2, -0.15) is 0 Å². The van der Waals surface area contributed by atoms with E-state index in [1.54, 1.807) is 6.08 Å². The van der Waals surface area contributed by atoms with Crippen molar-refractivity contribution in [3.63, 3.8) is 0 Å². The molecule has 0 bridgehead atoms. The fraction of sp³-hybridized carbons (Fsp3) is 0.320. The van der Waals surface area contributed by atoms with Gasteiger partial charge in [0.25, 0.3) is 0 Å². The molecule has 0 unspecified atom stereocenters. The van der Waals surface area contributed by atoms with Crippen LogP contribution in [0, 0.1) is 5.92 Å². The number of hydrogen-bond acceptors (Lipinski definition) is 5. The summed E-state index contributed by atoms with van der Waals surface area (Å²) in [5.41, 5.74) is 4.56. The summed E-state index contributed by atoms with van der Waals surface area (Å²) in [7, 11) is 0. The summed E-state index contributed by atoms with van der Waals surface area (Å²) >= 11 is 0. The van der Waals surface area contributed by atoms with Crippen molar-refractivity contribution in [1.82, 2.24) is 10.6 Å². The Bertz CT molecular complexity index is 1040. The molecule has 0 spiro atoms. The van der Waals surface area contributed by atoms with E-state index in [9.17, 15) is 19.5 Å². The zero-order valence-corrected chi connectivity index (χ0v) is 17.9. The van der Waals surface area contributed by atoms with Gasteiger partial charge in [0, 0.05) is 11.8 Å². The number of carboxylic acids is 1. The van der Waals surface area contributed by atoms with Crippen LogP contribution in [0.3, 0.4) is 0 Å². The lowest BCUT2D eigenvalue weighted by Gasteiger charge is -2.25. The highest BCUT2D eigenvalue weighted by atomic mass is 16.5. The van der Waals surface area contributed by atoms with Crippen molar-refractivity contribution >= 4 is 18.0 Å². The van der Waals surface area contributed by atoms with Gasteiger partial charge in [0.1, 0.15) is 6.61 Å². The van der Waals surface area contributed by atoms with Gasteiger partial charge in [0.05, 0.1) is 12.6 Å². The minimum atomic E-state index is -1.65. The molecule has 0 fully saturated rings. The second-order valence-corrected chi connectivity index (χ2v) is 8.27. The van der Waals surface area contributed by atoms with Crippen LogP contribution in [-0.4, -0.2) is 53.5 Å². The number of aliphatic carboxylic acids is 1. The number of fused-ring (bicyclic) bond motifs is 3. The van der Waals surface area contributed by atoms with Crippen LogP contribution in [0.25, 0.3) is 11.1 Å². The molecule has 33 heavy (non-hydrogen) atoms. The first-order chi connectivity index (χ1) is 15.9. The predicted octanol–water partition coefficient (Wildman–Crippen LogP) is 2.42. The molecule has 2 aromatic rings. The first-order valence-corrected chi connectivity index (χ1v) is 10.9. The average Bonchev–Trinajstić information content (AvgIpc) is 3.15. The third-order valence-electron chi connectivity index (χ3n) is 6.10. The van der Waals surface area contributed by atoms with Crippen LogP contribution in [0.2, 0.25) is 0 Å². The van der Waals surface area contributed by atoms with Crippen molar-refractivity contribution in [2.75, 3.05) is 13.2 Å². The van der Waals surface area contributed by atoms with E-state index in [4.69, 9.17) is 9.84 Å². The van der Waals surface area contributed by atoms with Gasteiger partial charge in [-0.1, -0.05) is 60.7 Å². The van der Waals surface area contributed by atoms with E-state index >= 15 is 0 Å². The monoisotopic (exact) mass is 450 g/mol. The van der Waals surface area contributed by atoms with Gasteiger partial charge in [-0.3, -0.25) is 4.79 Å². The van der Waals surface area contributed by atoms with Crippen LogP contribution in [0.4, 0.5) is 4.79 Å². The topological polar surface area (TPSA) is 125 Å². The lowest BCUT2D eigenvalue weighted by molar-refractivity contribution is -0.146. The molecule has 0 radical (unpaired) electrons. The third kappa shape index (κ3) is 5.06. The van der Waals surface area contributed by atoms with E-state index in [-0.39, 0.29) is 31.0 Å². The number of alkyl carbamates (subject to hydrolysis) is 1. The van der Waals surface area contributed by atoms with Gasteiger partial charge in [-0.15, -0.1) is 0 Å². The zero-order valence-electron chi connectivity index (χ0n) is 17.9. The maximum absolute atomic E-state index is 12.5. The number of amides is 2. The Morgan fingerprint density at radius 3 is 2.30 bits per heavy atom. The highest BCUT2D eigenvalue weighted by Gasteiger charge is 2.30. The van der Waals surface area contributed by atoms with Gasteiger partial charge in [0.15, 0.2) is 6.10 Å². The molecule has 172 valence electrons. The number of allylic oxidation sites excluding steroid dienone is 1. The second-order valence-electron chi connectivity index (χ2n) is 8.27. The summed E-state index contributed by atoms with van der Waals surface area (Å²) in [5, 5.41) is 23.3. The van der Waals surface area contributed by atoms with Crippen LogP contribution < -0.4 is 10.6 Å². The molecule has 4 rings (SSSR count). The van der Waals surface area contributed by atoms with Gasteiger partial charge in [-0.05, 0) is 35.1 Å². The van der Waals surface area contributed by atoms with Crippen molar-refractivity contribution in [3.8, 4) is 11.1 Å². The van der Waals surface area contributed by atoms with Gasteiger partial charge in [-0.25, -0.2) is 9.59 Å². The number of carboxylic acid groups (broad SMARTS) is 1. The lowest BCUT2D eigenvalue weighted by atomic mass is 9.90. The largest absolute Gasteiger partial charge is 0.479 e. The summed E-state index contributed by atoms with van der Waals surface area (Å²) in [5.74, 6) is -2.23. The Morgan fingerprint density at radius 2 is 1.67 bits per heavy atom. The average molecular weight is 450 g/mol. The van der Waals surface area contributed by atoms with E-state index < -0.39 is 24.1 Å². The molecule has 2 aliphatic rings. The van der Waals surface area contributed by atoms with Gasteiger partial charge < -0.3 is 25.6 Å². The number of aliphatic hydroxyl groups excluding tert-OH is 1. The Kier molecular flexibility index (Phi) is 6.74. The standard InChI is InChI=1S/C25H26N2O6/c28-22(24(30)31)13-26-23(29)15-6-5-7-16(12-15)27-25(32)33-14-21-19-10-3-1-8-17(19)18-9-2-4-11-20(18)21/h1-5,7-11,15-16,21-22,28H,6,12-14H2,(H,26,29)(H,27,32)(H,30,31)/t15-,16-,22+/m1/s1. The van der Waals surface area contributed by atoms with Crippen LogP contribution in [0.15, 0.2) is 60.7 Å². The molecule has 3 atom stereocenters. The van der Waals surface area contributed by atoms with E-state index in [2.05, 4.69) is 34.9 Å². The smallest absolute Gasteiger partial charge is 0.407 e. The molecule has 0 aromatic heterocycles. The van der Waals surface area contributed by atoms with Crippen LogP contribution >= 0.6 is 0 Å². The number of carbonyl (C=O) groups excluding carboxylic acids is 2. The molecule has 0 saturated carbocycles. The summed E-state index contributed by atoms with van der Waals surface area (Å²) in [6, 6.07) is 15.8. The number of benzene rings is 2. The molecule has 4 N–H and O–H groups in total. The predicted molar refractivity (Wildman–Crippen MR) is 121 cm³/mol. The number of ether oxygens (including phenoxy) is 1. The van der Waals surface area contributed by atoms with Crippen LogP contribution in [-0.2, 0) is 14.3 Å². The summed E-state index contributed by atoms with van der Waals surface area (Å²) in [4.78, 5) is 35.5. The molecule has 0 saturated heterocycles. The molecule has 2 amide bonds. The number of carbonyl (C=O) groups is 3. The first-order valence-electron chi connectivity index (χ1n) is 10.9. The van der Waals surface area contributed by atoms with Gasteiger partial charge in [0.2, 0.25) is 5.91 Å². The Balaban J connectivity index is 1.31. The van der Waals surface area contributed by atoms with Crippen molar-refractivity contribution < 1.29 is 29.3 Å². The SMILES string of the molecule is O=C(N[C@@H]1C=CC[C@@H](C(=O)NC[C@H](O)C(=O)O)C1)OCC1c2ccccc2-c2ccccc21. The van der Waals surface area contributed by atoms with Gasteiger partial charge >= 0.3 is 12.1 Å². The number of hydrogen-bond donors (Lipinski definition) is 4. The van der Waals surface area contributed by atoms with Crippen molar-refractivity contribution in [2.45, 2.75) is 30.9 Å². The Morgan fingerprint density at radius 1 is 1.03 bits per heavy atom. The normalized spacial score (nSPS) is 19.8. The van der Waals surface area contributed by atoms with E-state index in [0.29, 0.717) is 12.8 Å². The lowest BCUT2D eigenvalue weighted by Crippen LogP contribution is -2.43. The summed E-state index contributed by atoms with van der Waals surface area (Å²) in [6.45, 7) is -0.161. The molecule has 8 nitrogen and oxygen atoms in total. The fourth-order valence-electron chi connectivity index (χ4n) is 4.43. The van der Waals surface area contributed by atoms with E-state index in [1.807, 2.05) is 30.3 Å². The third-order valence-corrected chi connectivity index (χ3v) is 6.10. The highest BCUT2D eigenvalue weighted by molar-refractivity contribution is 5.81. The highest BCUT2D eigenvalue weighted by Crippen LogP contribution is 2.44. The molecular formula is C25H26N2O6. The minimum absolute atomic E-state index is 0.0377. The van der Waals surface area contributed by atoms with E-state index in [0.717, 1.165) is 22.3 Å². The molecule has 0 aliphatic heterocycles. The number of nitrogens with one attached hydrogen (secondary N) is 2. The molecule has 2 aliphatic carbocycles. The van der Waals surface area contributed by atoms with Crippen molar-refractivity contribution in [2.24, 2.45) is 5.92 Å². The summed E-state index contributed by atoms with van der Waals surface area (Å²) in [6.07, 6.45) is 2.23. The molecule has 0 heterocycles. The van der Waals surface area contributed by atoms with Crippen molar-refractivity contribution in [1.29, 1.82) is 0 Å². The number of aliphatic hydroxyl groups is 1. The maximum atomic E-state index is 12.5. The second kappa shape index (κ2) is 9.87. The Labute approximate surface area is 191 Å². The zero-order chi connectivity index (χ0) is 23.4. The molecular weight excluding hydrogens is 424 g/mol. The van der Waals surface area contributed by atoms with Crippen LogP contribution in [0.5, 0.6) is 0 Å². The first kappa shape index (κ1) is 22.5. The Hall–Kier alpha value is -3.65. The van der Waals surface area contributed by atoms with Crippen LogP contribution in [0.1, 0.15) is 29.9 Å². The summed E-state index contributed by atoms with van der Waals surface area (Å²) < 4.78 is 5.56. The fourth-order valence-corrected chi connectivity index (χ4v) is 4.43. The minimum Gasteiger partial charge on any atom is -0.479 e. The van der Waals surface area contributed by atoms with Crippen molar-refractivity contribution in [3.05, 3.63) is 71.8 Å². The van der Waals surface area contributed by atoms with E-state index in [1.165, 1.54) is 0 Å². The maximum Gasteiger partial charge on any atom is 0.407 e. The molecule has 8 heteroatoms. The molecule has 2 aromatic carbocycles. The number of rotatable bonds is 7.